The van der Waals surface area contributed by atoms with Crippen molar-refractivity contribution in [3.05, 3.63) is 95.2 Å². The van der Waals surface area contributed by atoms with Gasteiger partial charge in [-0.05, 0) is 63.2 Å². The summed E-state index contributed by atoms with van der Waals surface area (Å²) in [6.07, 6.45) is 13.1. The predicted molar refractivity (Wildman–Crippen MR) is 191 cm³/mol. The van der Waals surface area contributed by atoms with Crippen LogP contribution >= 0.6 is 23.6 Å². The van der Waals surface area contributed by atoms with E-state index in [1.165, 1.54) is 28.1 Å². The average Bonchev–Trinajstić information content (AvgIpc) is 3.38. The van der Waals surface area contributed by atoms with Crippen molar-refractivity contribution in [2.45, 2.75) is 76.0 Å². The fourth-order valence-electron chi connectivity index (χ4n) is 7.38. The Kier molecular flexibility index (Phi) is 11.4. The summed E-state index contributed by atoms with van der Waals surface area (Å²) >= 11 is 8.33. The molecular formula is C36H46ClN2O6S2+. The number of hydrogen-bond donors (Lipinski definition) is 2. The maximum absolute atomic E-state index is 11.5. The van der Waals surface area contributed by atoms with Crippen LogP contribution in [0.25, 0.3) is 0 Å². The second-order valence-electron chi connectivity index (χ2n) is 13.5. The Labute approximate surface area is 288 Å². The van der Waals surface area contributed by atoms with Gasteiger partial charge in [-0.2, -0.15) is 13.0 Å². The van der Waals surface area contributed by atoms with E-state index in [2.05, 4.69) is 107 Å². The molecule has 3 aliphatic rings. The summed E-state index contributed by atoms with van der Waals surface area (Å²) in [4.78, 5) is 2.19. The molecule has 11 heteroatoms. The zero-order chi connectivity index (χ0) is 33.8. The Morgan fingerprint density at radius 2 is 1.77 bits per heavy atom. The molecule has 0 aromatic heterocycles. The quantitative estimate of drug-likeness (QED) is 0.0409. The van der Waals surface area contributed by atoms with Crippen molar-refractivity contribution >= 4 is 50.8 Å². The minimum Gasteiger partial charge on any atom is -0.344 e. The Balaban J connectivity index is 1.39. The zero-order valence-electron chi connectivity index (χ0n) is 27.6. The monoisotopic (exact) mass is 701 g/mol. The molecule has 1 saturated carbocycles. The highest BCUT2D eigenvalue weighted by atomic mass is 35.5. The zero-order valence-corrected chi connectivity index (χ0v) is 30.0. The van der Waals surface area contributed by atoms with E-state index in [9.17, 15) is 13.0 Å². The smallest absolute Gasteiger partial charge is 0.264 e. The van der Waals surface area contributed by atoms with Crippen molar-refractivity contribution in [2.75, 3.05) is 29.5 Å². The van der Waals surface area contributed by atoms with E-state index in [-0.39, 0.29) is 27.9 Å². The number of benzene rings is 2. The fraction of sp³-hybridized carbons (Fsp3) is 0.472. The molecule has 2 N–H and O–H groups in total. The van der Waals surface area contributed by atoms with Gasteiger partial charge >= 0.3 is 0 Å². The Morgan fingerprint density at radius 1 is 1.04 bits per heavy atom. The van der Waals surface area contributed by atoms with Crippen LogP contribution in [0.15, 0.2) is 84.1 Å². The second kappa shape index (κ2) is 15.0. The number of halogens is 1. The molecule has 8 nitrogen and oxygen atoms in total. The molecule has 1 fully saturated rings. The van der Waals surface area contributed by atoms with Crippen LogP contribution in [-0.2, 0) is 30.3 Å². The summed E-state index contributed by atoms with van der Waals surface area (Å²) in [5, 5.41) is 12.0. The third kappa shape index (κ3) is 7.90. The minimum absolute atomic E-state index is 0.148. The van der Waals surface area contributed by atoms with E-state index in [0.29, 0.717) is 18.7 Å². The van der Waals surface area contributed by atoms with Crippen molar-refractivity contribution in [3.63, 3.8) is 0 Å². The van der Waals surface area contributed by atoms with E-state index in [1.54, 1.807) is 0 Å². The molecule has 2 aromatic rings. The number of anilines is 1. The summed E-state index contributed by atoms with van der Waals surface area (Å²) in [6, 6.07) is 16.8. The normalized spacial score (nSPS) is 23.7. The third-order valence-electron chi connectivity index (χ3n) is 9.76. The molecular weight excluding hydrogens is 656 g/mol. The molecule has 0 amide bonds. The lowest BCUT2D eigenvalue weighted by Crippen LogP contribution is -2.29. The lowest BCUT2D eigenvalue weighted by Gasteiger charge is -2.29. The van der Waals surface area contributed by atoms with Crippen LogP contribution in [0.5, 0.6) is 0 Å². The first-order chi connectivity index (χ1) is 22.4. The minimum atomic E-state index is -4.03. The van der Waals surface area contributed by atoms with Crippen LogP contribution in [0.2, 0.25) is 0 Å². The number of hydrogen-bond acceptors (Lipinski definition) is 7. The summed E-state index contributed by atoms with van der Waals surface area (Å²) in [7, 11) is -4.03. The van der Waals surface area contributed by atoms with Gasteiger partial charge in [0.05, 0.1) is 16.5 Å². The standard InChI is InChI=1S/C36H45ClN2O6S2/c1-35(2)28-14-5-7-16-30(28)38(22-10-24-46-45-44-40)32(35)20-18-26-12-9-13-27(34(26)37)19-21-33-36(3,4)29-15-6-8-17-31(29)39(33)23-11-25-47(41,42)43/h5-8,14-21,26,34H,9-13,22-25H2,1-4H3,(H-,40,41,42,43)/p+1. The number of rotatable bonds is 13. The van der Waals surface area contributed by atoms with Crippen LogP contribution in [0, 0.1) is 5.92 Å². The number of allylic oxidation sites excluding steroid dienone is 6. The van der Waals surface area contributed by atoms with Crippen LogP contribution in [0.1, 0.15) is 70.9 Å². The van der Waals surface area contributed by atoms with E-state index in [1.807, 2.05) is 12.1 Å². The van der Waals surface area contributed by atoms with Gasteiger partial charge in [-0.1, -0.05) is 73.0 Å². The van der Waals surface area contributed by atoms with E-state index < -0.39 is 10.1 Å². The van der Waals surface area contributed by atoms with Crippen LogP contribution in [0.4, 0.5) is 11.4 Å². The Morgan fingerprint density at radius 3 is 2.51 bits per heavy atom. The van der Waals surface area contributed by atoms with Gasteiger partial charge in [0.1, 0.15) is 6.54 Å². The van der Waals surface area contributed by atoms with Gasteiger partial charge in [0, 0.05) is 65.3 Å². The largest absolute Gasteiger partial charge is 0.344 e. The Bertz CT molecular complexity index is 1680. The molecule has 0 bridgehead atoms. The molecule has 254 valence electrons. The first-order valence-electron chi connectivity index (χ1n) is 16.3. The van der Waals surface area contributed by atoms with Crippen molar-refractivity contribution in [3.8, 4) is 0 Å². The number of para-hydroxylation sites is 2. The van der Waals surface area contributed by atoms with Crippen molar-refractivity contribution in [2.24, 2.45) is 5.92 Å². The lowest BCUT2D eigenvalue weighted by molar-refractivity contribution is -0.438. The highest BCUT2D eigenvalue weighted by molar-refractivity contribution is 7.94. The van der Waals surface area contributed by atoms with Crippen molar-refractivity contribution < 1.29 is 32.2 Å². The molecule has 0 saturated heterocycles. The number of alkyl halides is 1. The van der Waals surface area contributed by atoms with Crippen LogP contribution < -0.4 is 4.90 Å². The van der Waals surface area contributed by atoms with Gasteiger partial charge in [-0.15, -0.1) is 15.9 Å². The molecule has 2 aliphatic heterocycles. The van der Waals surface area contributed by atoms with Gasteiger partial charge in [0.25, 0.3) is 10.1 Å². The molecule has 47 heavy (non-hydrogen) atoms. The van der Waals surface area contributed by atoms with Gasteiger partial charge < -0.3 is 4.90 Å². The van der Waals surface area contributed by atoms with Gasteiger partial charge in [-0.25, -0.2) is 5.26 Å². The van der Waals surface area contributed by atoms with E-state index in [4.69, 9.17) is 16.9 Å². The number of nitrogens with zero attached hydrogens (tertiary/aromatic N) is 2. The third-order valence-corrected chi connectivity index (χ3v) is 11.8. The molecule has 2 aromatic carbocycles. The molecule has 5 rings (SSSR count). The second-order valence-corrected chi connectivity index (χ2v) is 16.4. The van der Waals surface area contributed by atoms with Gasteiger partial charge in [0.15, 0.2) is 5.71 Å². The molecule has 2 heterocycles. The predicted octanol–water partition coefficient (Wildman–Crippen LogP) is 8.37. The van der Waals surface area contributed by atoms with E-state index >= 15 is 0 Å². The summed E-state index contributed by atoms with van der Waals surface area (Å²) in [6.45, 7) is 10.2. The molecule has 0 radical (unpaired) electrons. The Hall–Kier alpha value is -2.44. The molecule has 2 atom stereocenters. The van der Waals surface area contributed by atoms with Crippen molar-refractivity contribution in [1.29, 1.82) is 0 Å². The number of fused-ring (bicyclic) bond motifs is 2. The average molecular weight is 702 g/mol. The lowest BCUT2D eigenvalue weighted by atomic mass is 9.79. The highest BCUT2D eigenvalue weighted by Crippen LogP contribution is 2.48. The van der Waals surface area contributed by atoms with Crippen molar-refractivity contribution in [1.82, 2.24) is 0 Å². The molecule has 1 aliphatic carbocycles. The topological polar surface area (TPSA) is 99.3 Å². The molecule has 2 unspecified atom stereocenters. The first-order valence-corrected chi connectivity index (χ1v) is 19.2. The van der Waals surface area contributed by atoms with Crippen LogP contribution in [0.3, 0.4) is 0 Å². The fourth-order valence-corrected chi connectivity index (χ4v) is 8.62. The summed E-state index contributed by atoms with van der Waals surface area (Å²) in [5.41, 5.74) is 7.83. The van der Waals surface area contributed by atoms with E-state index in [0.717, 1.165) is 55.7 Å². The highest BCUT2D eigenvalue weighted by Gasteiger charge is 2.44. The van der Waals surface area contributed by atoms with Gasteiger partial charge in [-0.3, -0.25) is 4.55 Å². The summed E-state index contributed by atoms with van der Waals surface area (Å²) in [5.74, 6) is 0.573. The van der Waals surface area contributed by atoms with Crippen LogP contribution in [-0.4, -0.2) is 58.5 Å². The first kappa shape index (κ1) is 35.9. The maximum atomic E-state index is 11.5. The molecule has 0 spiro atoms. The SMILES string of the molecule is CC1(C)C(=CC=C2CCCC(C=CC3=[N+](CCCSOOO)c4ccccc4C3(C)C)C2Cl)N(CCCS(=O)(=O)O)c2ccccc21. The maximum Gasteiger partial charge on any atom is 0.264 e. The van der Waals surface area contributed by atoms with Gasteiger partial charge in [0.2, 0.25) is 5.69 Å². The summed E-state index contributed by atoms with van der Waals surface area (Å²) < 4.78 is 39.2.